The Balaban J connectivity index is 1.69. The van der Waals surface area contributed by atoms with Gasteiger partial charge in [0.15, 0.2) is 0 Å². The molecule has 0 fully saturated rings. The summed E-state index contributed by atoms with van der Waals surface area (Å²) in [5, 5.41) is 0. The van der Waals surface area contributed by atoms with Crippen molar-refractivity contribution in [3.8, 4) is 11.5 Å². The minimum absolute atomic E-state index is 0.0701. The maximum atomic E-state index is 13.2. The molecule has 3 aromatic rings. The van der Waals surface area contributed by atoms with Crippen LogP contribution in [0.2, 0.25) is 0 Å². The second-order valence-electron chi connectivity index (χ2n) is 5.95. The molecule has 0 aliphatic rings. The van der Waals surface area contributed by atoms with Crippen molar-refractivity contribution in [2.45, 2.75) is 25.2 Å². The molecule has 26 heavy (non-hydrogen) atoms. The van der Waals surface area contributed by atoms with E-state index in [1.54, 1.807) is 13.8 Å². The third-order valence-corrected chi connectivity index (χ3v) is 5.62. The fourth-order valence-corrected chi connectivity index (χ4v) is 3.92. The molecule has 0 radical (unpaired) electrons. The summed E-state index contributed by atoms with van der Waals surface area (Å²) in [5.41, 5.74) is 1.92. The molecule has 1 aromatic heterocycles. The molecule has 0 saturated heterocycles. The van der Waals surface area contributed by atoms with Crippen LogP contribution in [0, 0.1) is 19.7 Å². The van der Waals surface area contributed by atoms with Crippen LogP contribution >= 0.6 is 0 Å². The smallest absolute Gasteiger partial charge is 0.240 e. The van der Waals surface area contributed by atoms with Crippen LogP contribution in [0.25, 0.3) is 11.5 Å². The minimum Gasteiger partial charge on any atom is -0.441 e. The second kappa shape index (κ2) is 7.39. The summed E-state index contributed by atoms with van der Waals surface area (Å²) in [6, 6.07) is 13.1. The zero-order valence-corrected chi connectivity index (χ0v) is 15.3. The van der Waals surface area contributed by atoms with Gasteiger partial charge in [-0.1, -0.05) is 18.2 Å². The molecule has 0 bridgehead atoms. The Morgan fingerprint density at radius 3 is 2.54 bits per heavy atom. The number of sulfonamides is 1. The molecule has 0 aliphatic carbocycles. The fourth-order valence-electron chi connectivity index (χ4n) is 2.66. The van der Waals surface area contributed by atoms with E-state index >= 15 is 0 Å². The summed E-state index contributed by atoms with van der Waals surface area (Å²) in [4.78, 5) is 4.52. The summed E-state index contributed by atoms with van der Waals surface area (Å²) in [6.45, 7) is 3.53. The average molecular weight is 374 g/mol. The summed E-state index contributed by atoms with van der Waals surface area (Å²) in [7, 11) is -3.71. The monoisotopic (exact) mass is 374 g/mol. The first-order valence-corrected chi connectivity index (χ1v) is 9.63. The molecule has 0 unspecified atom stereocenters. The molecule has 0 amide bonds. The molecule has 136 valence electrons. The van der Waals surface area contributed by atoms with E-state index in [0.29, 0.717) is 29.3 Å². The predicted octanol–water partition coefficient (Wildman–Crippen LogP) is 3.62. The van der Waals surface area contributed by atoms with E-state index in [1.165, 1.54) is 12.1 Å². The highest BCUT2D eigenvalue weighted by molar-refractivity contribution is 7.89. The number of benzene rings is 2. The minimum atomic E-state index is -3.71. The SMILES string of the molecule is Cc1cc(F)ccc1S(=O)(=O)NCCc1nc(-c2ccccc2)oc1C. The van der Waals surface area contributed by atoms with Gasteiger partial charge in [-0.15, -0.1) is 0 Å². The van der Waals surface area contributed by atoms with Gasteiger partial charge in [0.2, 0.25) is 15.9 Å². The van der Waals surface area contributed by atoms with Gasteiger partial charge < -0.3 is 4.42 Å². The van der Waals surface area contributed by atoms with Crippen LogP contribution in [-0.4, -0.2) is 19.9 Å². The third-order valence-electron chi connectivity index (χ3n) is 3.99. The number of oxazole rings is 1. The van der Waals surface area contributed by atoms with Gasteiger partial charge in [-0.05, 0) is 49.7 Å². The Kier molecular flexibility index (Phi) is 5.20. The van der Waals surface area contributed by atoms with Gasteiger partial charge in [0, 0.05) is 18.5 Å². The Hall–Kier alpha value is -2.51. The maximum absolute atomic E-state index is 13.2. The van der Waals surface area contributed by atoms with Crippen molar-refractivity contribution in [1.29, 1.82) is 0 Å². The van der Waals surface area contributed by atoms with Gasteiger partial charge in [0.25, 0.3) is 0 Å². The average Bonchev–Trinajstić information content (AvgIpc) is 2.96. The highest BCUT2D eigenvalue weighted by Gasteiger charge is 2.18. The highest BCUT2D eigenvalue weighted by Crippen LogP contribution is 2.22. The standard InChI is InChI=1S/C19H19FN2O3S/c1-13-12-16(20)8-9-18(13)26(23,24)21-11-10-17-14(2)25-19(22-17)15-6-4-3-5-7-15/h3-9,12,21H,10-11H2,1-2H3. The van der Waals surface area contributed by atoms with Crippen LogP contribution in [0.15, 0.2) is 57.8 Å². The molecule has 2 aromatic carbocycles. The largest absolute Gasteiger partial charge is 0.441 e. The lowest BCUT2D eigenvalue weighted by molar-refractivity contribution is 0.538. The fraction of sp³-hybridized carbons (Fsp3) is 0.211. The van der Waals surface area contributed by atoms with Crippen molar-refractivity contribution in [2.24, 2.45) is 0 Å². The van der Waals surface area contributed by atoms with E-state index in [9.17, 15) is 12.8 Å². The van der Waals surface area contributed by atoms with Crippen molar-refractivity contribution in [1.82, 2.24) is 9.71 Å². The zero-order valence-electron chi connectivity index (χ0n) is 14.5. The van der Waals surface area contributed by atoms with Gasteiger partial charge in [-0.2, -0.15) is 0 Å². The molecule has 3 rings (SSSR count). The lowest BCUT2D eigenvalue weighted by Crippen LogP contribution is -2.26. The molecule has 0 atom stereocenters. The normalized spacial score (nSPS) is 11.7. The van der Waals surface area contributed by atoms with Crippen LogP contribution in [0.3, 0.4) is 0 Å². The molecular weight excluding hydrogens is 355 g/mol. The molecule has 1 heterocycles. The number of rotatable bonds is 6. The molecule has 0 spiro atoms. The van der Waals surface area contributed by atoms with E-state index < -0.39 is 15.8 Å². The van der Waals surface area contributed by atoms with Gasteiger partial charge >= 0.3 is 0 Å². The Morgan fingerprint density at radius 2 is 1.85 bits per heavy atom. The van der Waals surface area contributed by atoms with E-state index in [2.05, 4.69) is 9.71 Å². The summed E-state index contributed by atoms with van der Waals surface area (Å²) in [5.74, 6) is 0.699. The highest BCUT2D eigenvalue weighted by atomic mass is 32.2. The zero-order chi connectivity index (χ0) is 18.7. The van der Waals surface area contributed by atoms with E-state index in [-0.39, 0.29) is 11.4 Å². The first-order valence-electron chi connectivity index (χ1n) is 8.14. The van der Waals surface area contributed by atoms with E-state index in [0.717, 1.165) is 11.6 Å². The lowest BCUT2D eigenvalue weighted by atomic mass is 10.2. The van der Waals surface area contributed by atoms with Gasteiger partial charge in [-0.3, -0.25) is 0 Å². The number of aryl methyl sites for hydroxylation is 2. The predicted molar refractivity (Wildman–Crippen MR) is 96.7 cm³/mol. The molecule has 1 N–H and O–H groups in total. The van der Waals surface area contributed by atoms with Crippen molar-refractivity contribution in [3.05, 3.63) is 71.4 Å². The quantitative estimate of drug-likeness (QED) is 0.715. The lowest BCUT2D eigenvalue weighted by Gasteiger charge is -2.08. The molecule has 0 aliphatic heterocycles. The van der Waals surface area contributed by atoms with Crippen molar-refractivity contribution >= 4 is 10.0 Å². The van der Waals surface area contributed by atoms with Crippen LogP contribution in [0.4, 0.5) is 4.39 Å². The van der Waals surface area contributed by atoms with Crippen LogP contribution in [0.1, 0.15) is 17.0 Å². The van der Waals surface area contributed by atoms with Gasteiger partial charge in [0.1, 0.15) is 11.6 Å². The number of hydrogen-bond donors (Lipinski definition) is 1. The third kappa shape index (κ3) is 4.00. The molecule has 5 nitrogen and oxygen atoms in total. The number of hydrogen-bond acceptors (Lipinski definition) is 4. The Labute approximate surface area is 151 Å². The number of aromatic nitrogens is 1. The topological polar surface area (TPSA) is 72.2 Å². The van der Waals surface area contributed by atoms with Crippen molar-refractivity contribution in [2.75, 3.05) is 6.54 Å². The maximum Gasteiger partial charge on any atom is 0.240 e. The van der Waals surface area contributed by atoms with Crippen molar-refractivity contribution in [3.63, 3.8) is 0 Å². The summed E-state index contributed by atoms with van der Waals surface area (Å²) >= 11 is 0. The molecular formula is C19H19FN2O3S. The first-order chi connectivity index (χ1) is 12.4. The Morgan fingerprint density at radius 1 is 1.12 bits per heavy atom. The van der Waals surface area contributed by atoms with Crippen LogP contribution < -0.4 is 4.72 Å². The van der Waals surface area contributed by atoms with Crippen LogP contribution in [0.5, 0.6) is 0 Å². The van der Waals surface area contributed by atoms with Gasteiger partial charge in [0.05, 0.1) is 10.6 Å². The molecule has 7 heteroatoms. The van der Waals surface area contributed by atoms with Gasteiger partial charge in [-0.25, -0.2) is 22.5 Å². The number of nitrogens with zero attached hydrogens (tertiary/aromatic N) is 1. The second-order valence-corrected chi connectivity index (χ2v) is 7.68. The van der Waals surface area contributed by atoms with Crippen molar-refractivity contribution < 1.29 is 17.2 Å². The first kappa shape index (κ1) is 18.3. The summed E-state index contributed by atoms with van der Waals surface area (Å²) in [6.07, 6.45) is 0.391. The van der Waals surface area contributed by atoms with Crippen LogP contribution in [-0.2, 0) is 16.4 Å². The van der Waals surface area contributed by atoms with E-state index in [1.807, 2.05) is 30.3 Å². The van der Waals surface area contributed by atoms with E-state index in [4.69, 9.17) is 4.42 Å². The summed E-state index contributed by atoms with van der Waals surface area (Å²) < 4.78 is 46.1. The number of halogens is 1. The Bertz CT molecular complexity index is 1010. The number of nitrogens with one attached hydrogen (secondary N) is 1. The molecule has 0 saturated carbocycles.